The number of aromatic nitrogens is 3. The second-order valence-electron chi connectivity index (χ2n) is 7.25. The van der Waals surface area contributed by atoms with Gasteiger partial charge in [-0.2, -0.15) is 14.6 Å². The van der Waals surface area contributed by atoms with E-state index in [0.29, 0.717) is 28.2 Å². The Labute approximate surface area is 193 Å². The molecular formula is C24H23N3O5S. The van der Waals surface area contributed by atoms with Crippen molar-refractivity contribution < 1.29 is 14.2 Å². The van der Waals surface area contributed by atoms with Gasteiger partial charge in [-0.15, -0.1) is 0 Å². The van der Waals surface area contributed by atoms with Crippen LogP contribution in [-0.2, 0) is 6.42 Å². The molecule has 0 saturated heterocycles. The van der Waals surface area contributed by atoms with Gasteiger partial charge >= 0.3 is 0 Å². The number of thiazole rings is 1. The second-order valence-corrected chi connectivity index (χ2v) is 8.26. The zero-order valence-corrected chi connectivity index (χ0v) is 19.3. The van der Waals surface area contributed by atoms with Crippen molar-refractivity contribution in [2.24, 2.45) is 0 Å². The van der Waals surface area contributed by atoms with Gasteiger partial charge in [0.25, 0.3) is 11.1 Å². The third-order valence-electron chi connectivity index (χ3n) is 4.94. The lowest BCUT2D eigenvalue weighted by Crippen LogP contribution is -2.28. The van der Waals surface area contributed by atoms with Gasteiger partial charge in [-0.25, -0.2) is 0 Å². The fourth-order valence-corrected chi connectivity index (χ4v) is 4.16. The standard InChI is InChI=1S/C24H23N3O5S/c1-4-11-32-17-7-5-15(6-8-17)12-19-22(28)25-24-27(26-19)23(29)21(33-24)14-16-13-18(30-2)9-10-20(16)31-3/h5-10,13-14H,4,11-12H2,1-3H3/b21-14+. The molecule has 2 aromatic carbocycles. The van der Waals surface area contributed by atoms with Gasteiger partial charge in [0.15, 0.2) is 0 Å². The first-order valence-corrected chi connectivity index (χ1v) is 11.2. The zero-order valence-electron chi connectivity index (χ0n) is 18.5. The quantitative estimate of drug-likeness (QED) is 0.395. The Morgan fingerprint density at radius 2 is 1.79 bits per heavy atom. The lowest BCUT2D eigenvalue weighted by atomic mass is 10.1. The number of nitrogens with zero attached hydrogens (tertiary/aromatic N) is 3. The van der Waals surface area contributed by atoms with Gasteiger partial charge in [-0.3, -0.25) is 9.59 Å². The molecule has 0 spiro atoms. The number of methoxy groups -OCH3 is 2. The van der Waals surface area contributed by atoms with E-state index in [9.17, 15) is 9.59 Å². The van der Waals surface area contributed by atoms with Gasteiger partial charge in [0.05, 0.1) is 25.4 Å². The third kappa shape index (κ3) is 4.88. The number of hydrogen-bond acceptors (Lipinski definition) is 8. The summed E-state index contributed by atoms with van der Waals surface area (Å²) in [7, 11) is 3.12. The Hall–Kier alpha value is -3.72. The maximum absolute atomic E-state index is 13.0. The van der Waals surface area contributed by atoms with Gasteiger partial charge in [-0.1, -0.05) is 30.4 Å². The molecule has 0 aliphatic carbocycles. The molecule has 33 heavy (non-hydrogen) atoms. The van der Waals surface area contributed by atoms with Crippen molar-refractivity contribution in [3.05, 3.63) is 84.5 Å². The second kappa shape index (κ2) is 9.83. The minimum atomic E-state index is -0.451. The number of fused-ring (bicyclic) bond motifs is 1. The van der Waals surface area contributed by atoms with Crippen LogP contribution >= 0.6 is 11.3 Å². The van der Waals surface area contributed by atoms with Crippen LogP contribution in [0.3, 0.4) is 0 Å². The van der Waals surface area contributed by atoms with Crippen LogP contribution in [0.2, 0.25) is 0 Å². The maximum Gasteiger partial charge on any atom is 0.296 e. The van der Waals surface area contributed by atoms with Crippen molar-refractivity contribution in [1.29, 1.82) is 0 Å². The highest BCUT2D eigenvalue weighted by Gasteiger charge is 2.13. The molecule has 0 fully saturated rings. The molecule has 4 rings (SSSR count). The first-order valence-electron chi connectivity index (χ1n) is 10.4. The highest BCUT2D eigenvalue weighted by atomic mass is 32.1. The first-order chi connectivity index (χ1) is 16.0. The molecule has 9 heteroatoms. The summed E-state index contributed by atoms with van der Waals surface area (Å²) in [5, 5.41) is 4.31. The number of rotatable bonds is 8. The maximum atomic E-state index is 13.0. The minimum Gasteiger partial charge on any atom is -0.497 e. The Morgan fingerprint density at radius 3 is 2.48 bits per heavy atom. The third-order valence-corrected chi connectivity index (χ3v) is 5.90. The Bertz CT molecular complexity index is 1440. The summed E-state index contributed by atoms with van der Waals surface area (Å²) in [5.41, 5.74) is 0.954. The number of ether oxygens (including phenoxy) is 3. The van der Waals surface area contributed by atoms with Crippen LogP contribution in [-0.4, -0.2) is 35.4 Å². The van der Waals surface area contributed by atoms with Crippen molar-refractivity contribution in [3.8, 4) is 17.2 Å². The molecule has 0 bridgehead atoms. The van der Waals surface area contributed by atoms with E-state index in [-0.39, 0.29) is 22.6 Å². The molecule has 4 aromatic rings. The average Bonchev–Trinajstić information content (AvgIpc) is 3.12. The SMILES string of the molecule is CCCOc1ccc(Cc2nn3c(=O)/c(=C\c4cc(OC)ccc4OC)sc3nc2=O)cc1. The van der Waals surface area contributed by atoms with Crippen molar-refractivity contribution in [2.45, 2.75) is 19.8 Å². The molecule has 0 aliphatic heterocycles. The molecule has 8 nitrogen and oxygen atoms in total. The molecule has 0 aliphatic rings. The van der Waals surface area contributed by atoms with E-state index in [1.54, 1.807) is 38.5 Å². The monoisotopic (exact) mass is 465 g/mol. The average molecular weight is 466 g/mol. The normalized spacial score (nSPS) is 11.7. The smallest absolute Gasteiger partial charge is 0.296 e. The lowest BCUT2D eigenvalue weighted by Gasteiger charge is -2.06. The molecule has 2 aromatic heterocycles. The summed E-state index contributed by atoms with van der Waals surface area (Å²) < 4.78 is 17.8. The van der Waals surface area contributed by atoms with Crippen LogP contribution in [0.5, 0.6) is 17.2 Å². The minimum absolute atomic E-state index is 0.204. The fraction of sp³-hybridized carbons (Fsp3) is 0.250. The summed E-state index contributed by atoms with van der Waals surface area (Å²) in [6.45, 7) is 2.69. The van der Waals surface area contributed by atoms with Gasteiger partial charge < -0.3 is 14.2 Å². The van der Waals surface area contributed by atoms with Crippen molar-refractivity contribution in [2.75, 3.05) is 20.8 Å². The van der Waals surface area contributed by atoms with E-state index in [1.165, 1.54) is 4.52 Å². The van der Waals surface area contributed by atoms with Gasteiger partial charge in [0, 0.05) is 12.0 Å². The predicted octanol–water partition coefficient (Wildman–Crippen LogP) is 2.46. The van der Waals surface area contributed by atoms with Crippen LogP contribution in [0.25, 0.3) is 11.0 Å². The molecule has 0 saturated carbocycles. The number of hydrogen-bond donors (Lipinski definition) is 0. The van der Waals surface area contributed by atoms with Crippen molar-refractivity contribution in [1.82, 2.24) is 14.6 Å². The molecule has 0 unspecified atom stereocenters. The Morgan fingerprint density at radius 1 is 1.03 bits per heavy atom. The van der Waals surface area contributed by atoms with E-state index in [1.807, 2.05) is 31.2 Å². The molecule has 0 N–H and O–H groups in total. The molecule has 0 atom stereocenters. The Balaban J connectivity index is 1.70. The van der Waals surface area contributed by atoms with Crippen molar-refractivity contribution in [3.63, 3.8) is 0 Å². The molecular weight excluding hydrogens is 442 g/mol. The highest BCUT2D eigenvalue weighted by molar-refractivity contribution is 7.15. The summed E-state index contributed by atoms with van der Waals surface area (Å²) in [4.78, 5) is 29.9. The van der Waals surface area contributed by atoms with Crippen LogP contribution < -0.4 is 29.9 Å². The Kier molecular flexibility index (Phi) is 6.69. The van der Waals surface area contributed by atoms with Crippen LogP contribution in [0, 0.1) is 0 Å². The van der Waals surface area contributed by atoms with Gasteiger partial charge in [-0.05, 0) is 48.4 Å². The number of benzene rings is 2. The summed E-state index contributed by atoms with van der Waals surface area (Å²) in [6, 6.07) is 12.8. The zero-order chi connectivity index (χ0) is 23.4. The van der Waals surface area contributed by atoms with Crippen LogP contribution in [0.15, 0.2) is 52.1 Å². The van der Waals surface area contributed by atoms with E-state index >= 15 is 0 Å². The van der Waals surface area contributed by atoms with Crippen LogP contribution in [0.1, 0.15) is 30.2 Å². The van der Waals surface area contributed by atoms with E-state index in [0.717, 1.165) is 29.1 Å². The lowest BCUT2D eigenvalue weighted by molar-refractivity contribution is 0.317. The summed E-state index contributed by atoms with van der Waals surface area (Å²) in [5.74, 6) is 2.00. The van der Waals surface area contributed by atoms with E-state index in [4.69, 9.17) is 14.2 Å². The van der Waals surface area contributed by atoms with Crippen LogP contribution in [0.4, 0.5) is 0 Å². The molecule has 2 heterocycles. The first kappa shape index (κ1) is 22.5. The summed E-state index contributed by atoms with van der Waals surface area (Å²) in [6.07, 6.45) is 2.88. The van der Waals surface area contributed by atoms with E-state index in [2.05, 4.69) is 10.1 Å². The molecule has 170 valence electrons. The molecule has 0 radical (unpaired) electrons. The largest absolute Gasteiger partial charge is 0.497 e. The van der Waals surface area contributed by atoms with Gasteiger partial charge in [0.2, 0.25) is 4.96 Å². The summed E-state index contributed by atoms with van der Waals surface area (Å²) >= 11 is 1.10. The van der Waals surface area contributed by atoms with Gasteiger partial charge in [0.1, 0.15) is 22.9 Å². The van der Waals surface area contributed by atoms with Crippen molar-refractivity contribution >= 4 is 22.4 Å². The fourth-order valence-electron chi connectivity index (χ4n) is 3.26. The predicted molar refractivity (Wildman–Crippen MR) is 127 cm³/mol. The topological polar surface area (TPSA) is 92.0 Å². The molecule has 0 amide bonds. The highest BCUT2D eigenvalue weighted by Crippen LogP contribution is 2.24. The van der Waals surface area contributed by atoms with E-state index < -0.39 is 5.56 Å².